The molecule has 0 heterocycles. The molecule has 134 valence electrons. The van der Waals surface area contributed by atoms with Gasteiger partial charge in [0, 0.05) is 44.4 Å². The summed E-state index contributed by atoms with van der Waals surface area (Å²) in [5, 5.41) is 7.47. The smallest absolute Gasteiger partial charge is 0.191 e. The maximum Gasteiger partial charge on any atom is 0.191 e. The Morgan fingerprint density at radius 1 is 1.29 bits per heavy atom. The highest BCUT2D eigenvalue weighted by Crippen LogP contribution is 2.43. The third kappa shape index (κ3) is 5.02. The first kappa shape index (κ1) is 18.9. The minimum Gasteiger partial charge on any atom is -0.496 e. The summed E-state index contributed by atoms with van der Waals surface area (Å²) >= 11 is 6.00. The second kappa shape index (κ2) is 9.14. The monoisotopic (exact) mass is 353 g/mol. The van der Waals surface area contributed by atoms with Gasteiger partial charge >= 0.3 is 0 Å². The van der Waals surface area contributed by atoms with Crippen LogP contribution in [-0.2, 0) is 11.3 Å². The lowest BCUT2D eigenvalue weighted by Crippen LogP contribution is -2.46. The van der Waals surface area contributed by atoms with Gasteiger partial charge in [0.05, 0.1) is 7.11 Å². The molecule has 6 heteroatoms. The number of ether oxygens (including phenoxy) is 2. The Balaban J connectivity index is 1.87. The molecule has 2 rings (SSSR count). The molecule has 1 aliphatic carbocycles. The van der Waals surface area contributed by atoms with Crippen LogP contribution in [0.2, 0.25) is 5.02 Å². The van der Waals surface area contributed by atoms with Crippen molar-refractivity contribution < 1.29 is 9.47 Å². The summed E-state index contributed by atoms with van der Waals surface area (Å²) < 4.78 is 10.6. The highest BCUT2D eigenvalue weighted by molar-refractivity contribution is 6.30. The van der Waals surface area contributed by atoms with Gasteiger partial charge in [0.15, 0.2) is 5.96 Å². The summed E-state index contributed by atoms with van der Waals surface area (Å²) in [4.78, 5) is 4.31. The first-order valence-corrected chi connectivity index (χ1v) is 8.76. The van der Waals surface area contributed by atoms with E-state index in [2.05, 4.69) is 15.6 Å². The van der Waals surface area contributed by atoms with E-state index in [4.69, 9.17) is 21.1 Å². The molecule has 5 nitrogen and oxygen atoms in total. The van der Waals surface area contributed by atoms with Crippen molar-refractivity contribution in [1.29, 1.82) is 0 Å². The Morgan fingerprint density at radius 3 is 2.67 bits per heavy atom. The van der Waals surface area contributed by atoms with Gasteiger partial charge in [-0.1, -0.05) is 24.1 Å². The normalized spacial score (nSPS) is 16.4. The number of guanidine groups is 1. The number of nitrogens with zero attached hydrogens (tertiary/aromatic N) is 1. The van der Waals surface area contributed by atoms with E-state index in [0.717, 1.165) is 36.8 Å². The molecule has 0 amide bonds. The molecule has 0 saturated heterocycles. The molecule has 1 aliphatic rings. The third-order valence-corrected chi connectivity index (χ3v) is 5.04. The van der Waals surface area contributed by atoms with E-state index in [1.807, 2.05) is 18.2 Å². The first-order valence-electron chi connectivity index (χ1n) is 8.38. The zero-order valence-corrected chi connectivity index (χ0v) is 15.6. The lowest BCUT2D eigenvalue weighted by atomic mass is 9.67. The van der Waals surface area contributed by atoms with Gasteiger partial charge in [-0.25, -0.2) is 0 Å². The molecule has 1 aromatic rings. The topological polar surface area (TPSA) is 54.9 Å². The van der Waals surface area contributed by atoms with Crippen LogP contribution in [0.4, 0.5) is 0 Å². The van der Waals surface area contributed by atoms with Crippen molar-refractivity contribution in [3.8, 4) is 5.75 Å². The minimum atomic E-state index is 0.353. The second-order valence-electron chi connectivity index (χ2n) is 6.33. The van der Waals surface area contributed by atoms with Crippen molar-refractivity contribution in [1.82, 2.24) is 10.6 Å². The van der Waals surface area contributed by atoms with E-state index in [1.165, 1.54) is 19.3 Å². The van der Waals surface area contributed by atoms with Gasteiger partial charge in [0.2, 0.25) is 0 Å². The summed E-state index contributed by atoms with van der Waals surface area (Å²) in [6.07, 6.45) is 4.91. The first-order chi connectivity index (χ1) is 11.6. The zero-order valence-electron chi connectivity index (χ0n) is 14.8. The molecule has 0 spiro atoms. The maximum atomic E-state index is 6.00. The molecule has 1 saturated carbocycles. The molecule has 2 N–H and O–H groups in total. The van der Waals surface area contributed by atoms with E-state index in [9.17, 15) is 0 Å². The van der Waals surface area contributed by atoms with Gasteiger partial charge in [-0.15, -0.1) is 0 Å². The van der Waals surface area contributed by atoms with Crippen LogP contribution in [0.5, 0.6) is 5.75 Å². The fourth-order valence-electron chi connectivity index (χ4n) is 3.05. The lowest BCUT2D eigenvalue weighted by Gasteiger charge is -2.42. The van der Waals surface area contributed by atoms with Crippen molar-refractivity contribution in [3.63, 3.8) is 0 Å². The van der Waals surface area contributed by atoms with Crippen LogP contribution in [0, 0.1) is 5.41 Å². The van der Waals surface area contributed by atoms with Crippen molar-refractivity contribution >= 4 is 17.6 Å². The van der Waals surface area contributed by atoms with Gasteiger partial charge < -0.3 is 20.1 Å². The summed E-state index contributed by atoms with van der Waals surface area (Å²) in [5.74, 6) is 1.58. The van der Waals surface area contributed by atoms with Gasteiger partial charge in [0.1, 0.15) is 5.75 Å². The number of aliphatic imine (C=N–C) groups is 1. The molecule has 0 bridgehead atoms. The predicted molar refractivity (Wildman–Crippen MR) is 99.0 cm³/mol. The fraction of sp³-hybridized carbons (Fsp3) is 0.611. The van der Waals surface area contributed by atoms with Gasteiger partial charge in [0.25, 0.3) is 0 Å². The maximum absolute atomic E-state index is 6.00. The second-order valence-corrected chi connectivity index (χ2v) is 6.77. The highest BCUT2D eigenvalue weighted by Gasteiger charge is 2.36. The SMILES string of the molecule is CN=C(NCc1ccc(Cl)cc1OC)NCC1(CCOC)CCC1. The Morgan fingerprint density at radius 2 is 2.08 bits per heavy atom. The Hall–Kier alpha value is -1.46. The number of methoxy groups -OCH3 is 2. The Kier molecular flexibility index (Phi) is 7.18. The van der Waals surface area contributed by atoms with Gasteiger partial charge in [-0.2, -0.15) is 0 Å². The number of hydrogen-bond donors (Lipinski definition) is 2. The van der Waals surface area contributed by atoms with Crippen molar-refractivity contribution in [3.05, 3.63) is 28.8 Å². The van der Waals surface area contributed by atoms with Crippen LogP contribution >= 0.6 is 11.6 Å². The highest BCUT2D eigenvalue weighted by atomic mass is 35.5. The number of hydrogen-bond acceptors (Lipinski definition) is 3. The summed E-state index contributed by atoms with van der Waals surface area (Å²) in [5.41, 5.74) is 1.40. The van der Waals surface area contributed by atoms with Crippen LogP contribution in [0.1, 0.15) is 31.2 Å². The van der Waals surface area contributed by atoms with Crippen molar-refractivity contribution in [2.75, 3.05) is 34.4 Å². The van der Waals surface area contributed by atoms with Crippen LogP contribution in [0.25, 0.3) is 0 Å². The van der Waals surface area contributed by atoms with Gasteiger partial charge in [-0.3, -0.25) is 4.99 Å². The van der Waals surface area contributed by atoms with E-state index >= 15 is 0 Å². The molecule has 0 aliphatic heterocycles. The minimum absolute atomic E-state index is 0.353. The summed E-state index contributed by atoms with van der Waals surface area (Å²) in [6, 6.07) is 5.65. The van der Waals surface area contributed by atoms with E-state index in [1.54, 1.807) is 21.3 Å². The molecule has 0 unspecified atom stereocenters. The molecule has 1 aromatic carbocycles. The molecule has 24 heavy (non-hydrogen) atoms. The fourth-order valence-corrected chi connectivity index (χ4v) is 3.21. The Bertz CT molecular complexity index is 559. The molecule has 0 radical (unpaired) electrons. The van der Waals surface area contributed by atoms with Crippen molar-refractivity contribution in [2.24, 2.45) is 10.4 Å². The number of halogens is 1. The van der Waals surface area contributed by atoms with E-state index in [0.29, 0.717) is 17.0 Å². The number of rotatable bonds is 8. The molecular formula is C18H28ClN3O2. The van der Waals surface area contributed by atoms with Crippen molar-refractivity contribution in [2.45, 2.75) is 32.2 Å². The predicted octanol–water partition coefficient (Wildman–Crippen LogP) is 3.22. The van der Waals surface area contributed by atoms with Crippen LogP contribution < -0.4 is 15.4 Å². The summed E-state index contributed by atoms with van der Waals surface area (Å²) in [7, 11) is 5.20. The van der Waals surface area contributed by atoms with Crippen LogP contribution in [0.15, 0.2) is 23.2 Å². The largest absolute Gasteiger partial charge is 0.496 e. The Labute approximate surface area is 149 Å². The third-order valence-electron chi connectivity index (χ3n) is 4.80. The molecule has 1 fully saturated rings. The number of nitrogens with one attached hydrogen (secondary N) is 2. The lowest BCUT2D eigenvalue weighted by molar-refractivity contribution is 0.0732. The molecule has 0 aromatic heterocycles. The standard InChI is InChI=1S/C18H28ClN3O2/c1-20-17(22-13-18(7-4-8-18)9-10-23-2)21-12-14-5-6-15(19)11-16(14)24-3/h5-6,11H,4,7-10,12-13H2,1-3H3,(H2,20,21,22). The van der Waals surface area contributed by atoms with E-state index in [-0.39, 0.29) is 0 Å². The zero-order chi connectivity index (χ0) is 17.4. The van der Waals surface area contributed by atoms with Crippen LogP contribution in [-0.4, -0.2) is 40.4 Å². The molecule has 0 atom stereocenters. The average molecular weight is 354 g/mol. The number of benzene rings is 1. The quantitative estimate of drug-likeness (QED) is 0.556. The van der Waals surface area contributed by atoms with E-state index < -0.39 is 0 Å². The van der Waals surface area contributed by atoms with Crippen LogP contribution in [0.3, 0.4) is 0 Å². The average Bonchev–Trinajstić information content (AvgIpc) is 2.56. The summed E-state index contributed by atoms with van der Waals surface area (Å²) in [6.45, 7) is 2.37. The van der Waals surface area contributed by atoms with Gasteiger partial charge in [-0.05, 0) is 36.8 Å². The molecular weight excluding hydrogens is 326 g/mol.